The van der Waals surface area contributed by atoms with E-state index in [0.717, 1.165) is 13.0 Å². The van der Waals surface area contributed by atoms with Gasteiger partial charge in [-0.25, -0.2) is 0 Å². The molecule has 0 bridgehead atoms. The first-order valence-electron chi connectivity index (χ1n) is 7.74. The molecule has 0 aliphatic carbocycles. The number of benzene rings is 2. The molecule has 3 atom stereocenters. The smallest absolute Gasteiger partial charge is 0.0594 e. The highest BCUT2D eigenvalue weighted by atomic mass is 16.5. The summed E-state index contributed by atoms with van der Waals surface area (Å²) in [6.45, 7) is 3.06. The third-order valence-electron chi connectivity index (χ3n) is 4.55. The summed E-state index contributed by atoms with van der Waals surface area (Å²) in [6.07, 6.45) is 1.46. The molecular weight excluding hydrogens is 258 g/mol. The first kappa shape index (κ1) is 14.3. The highest BCUT2D eigenvalue weighted by Crippen LogP contribution is 2.33. The lowest BCUT2D eigenvalue weighted by Gasteiger charge is -2.26. The van der Waals surface area contributed by atoms with E-state index in [0.29, 0.717) is 18.1 Å². The van der Waals surface area contributed by atoms with Crippen LogP contribution in [-0.2, 0) is 4.74 Å². The summed E-state index contributed by atoms with van der Waals surface area (Å²) in [7, 11) is 2.04. The second-order valence-corrected chi connectivity index (χ2v) is 5.78. The van der Waals surface area contributed by atoms with E-state index >= 15 is 0 Å². The predicted molar refractivity (Wildman–Crippen MR) is 87.2 cm³/mol. The molecule has 2 heteroatoms. The largest absolute Gasteiger partial charge is 0.378 e. The summed E-state index contributed by atoms with van der Waals surface area (Å²) in [5, 5.41) is 3.47. The Bertz CT molecular complexity index is 564. The average Bonchev–Trinajstić information content (AvgIpc) is 2.96. The van der Waals surface area contributed by atoms with Crippen LogP contribution in [0.25, 0.3) is 11.1 Å². The lowest BCUT2D eigenvalue weighted by molar-refractivity contribution is 0.0963. The zero-order valence-corrected chi connectivity index (χ0v) is 12.8. The fraction of sp³-hybridized carbons (Fsp3) is 0.368. The van der Waals surface area contributed by atoms with Crippen LogP contribution < -0.4 is 5.32 Å². The van der Waals surface area contributed by atoms with Crippen molar-refractivity contribution in [3.8, 4) is 11.1 Å². The number of rotatable bonds is 4. The molecule has 0 saturated carbocycles. The molecule has 1 saturated heterocycles. The predicted octanol–water partition coefficient (Wildman–Crippen LogP) is 4.04. The van der Waals surface area contributed by atoms with Crippen LogP contribution in [0, 0.1) is 5.92 Å². The van der Waals surface area contributed by atoms with Crippen LogP contribution >= 0.6 is 0 Å². The van der Waals surface area contributed by atoms with Crippen LogP contribution in [0.15, 0.2) is 54.6 Å². The average molecular weight is 281 g/mol. The van der Waals surface area contributed by atoms with Crippen molar-refractivity contribution >= 4 is 0 Å². The van der Waals surface area contributed by atoms with Crippen molar-refractivity contribution in [2.24, 2.45) is 5.92 Å². The van der Waals surface area contributed by atoms with Crippen molar-refractivity contribution in [1.29, 1.82) is 0 Å². The number of hydrogen-bond donors (Lipinski definition) is 1. The maximum atomic E-state index is 5.72. The second kappa shape index (κ2) is 6.42. The summed E-state index contributed by atoms with van der Waals surface area (Å²) in [5.41, 5.74) is 3.88. The van der Waals surface area contributed by atoms with Crippen molar-refractivity contribution in [2.75, 3.05) is 13.7 Å². The van der Waals surface area contributed by atoms with Crippen LogP contribution in [0.1, 0.15) is 24.9 Å². The lowest BCUT2D eigenvalue weighted by Crippen LogP contribution is -2.29. The minimum absolute atomic E-state index is 0.330. The molecule has 3 rings (SSSR count). The molecule has 2 aromatic carbocycles. The summed E-state index contributed by atoms with van der Waals surface area (Å²) in [6, 6.07) is 19.8. The van der Waals surface area contributed by atoms with Gasteiger partial charge in [0, 0.05) is 18.6 Å². The molecule has 110 valence electrons. The maximum Gasteiger partial charge on any atom is 0.0594 e. The Morgan fingerprint density at radius 2 is 1.67 bits per heavy atom. The Morgan fingerprint density at radius 3 is 2.24 bits per heavy atom. The summed E-state index contributed by atoms with van der Waals surface area (Å²) in [4.78, 5) is 0. The molecular formula is C19H23NO. The molecule has 1 aliphatic rings. The van der Waals surface area contributed by atoms with Gasteiger partial charge in [-0.2, -0.15) is 0 Å². The third-order valence-corrected chi connectivity index (χ3v) is 4.55. The SMILES string of the molecule is CNC(c1ccc(-c2ccccc2)cc1)C1CCOC1C. The normalized spacial score (nSPS) is 23.1. The third kappa shape index (κ3) is 3.02. The number of nitrogens with one attached hydrogen (secondary N) is 1. The van der Waals surface area contributed by atoms with Gasteiger partial charge in [0.25, 0.3) is 0 Å². The van der Waals surface area contributed by atoms with Crippen LogP contribution in [0.3, 0.4) is 0 Å². The minimum atomic E-state index is 0.330. The molecule has 21 heavy (non-hydrogen) atoms. The van der Waals surface area contributed by atoms with E-state index in [4.69, 9.17) is 4.74 Å². The van der Waals surface area contributed by atoms with E-state index in [1.807, 2.05) is 7.05 Å². The van der Waals surface area contributed by atoms with Gasteiger partial charge in [-0.1, -0.05) is 54.6 Å². The number of ether oxygens (including phenoxy) is 1. The van der Waals surface area contributed by atoms with Gasteiger partial charge in [-0.3, -0.25) is 0 Å². The molecule has 0 amide bonds. The first-order chi connectivity index (χ1) is 10.3. The second-order valence-electron chi connectivity index (χ2n) is 5.78. The topological polar surface area (TPSA) is 21.3 Å². The zero-order chi connectivity index (χ0) is 14.7. The van der Waals surface area contributed by atoms with Gasteiger partial charge < -0.3 is 10.1 Å². The molecule has 3 unspecified atom stereocenters. The van der Waals surface area contributed by atoms with Gasteiger partial charge in [-0.05, 0) is 37.1 Å². The van der Waals surface area contributed by atoms with E-state index in [1.165, 1.54) is 16.7 Å². The van der Waals surface area contributed by atoms with Gasteiger partial charge in [-0.15, -0.1) is 0 Å². The van der Waals surface area contributed by atoms with E-state index in [2.05, 4.69) is 66.8 Å². The number of hydrogen-bond acceptors (Lipinski definition) is 2. The van der Waals surface area contributed by atoms with Crippen molar-refractivity contribution in [2.45, 2.75) is 25.5 Å². The van der Waals surface area contributed by atoms with Gasteiger partial charge >= 0.3 is 0 Å². The molecule has 0 spiro atoms. The standard InChI is InChI=1S/C19H23NO/c1-14-18(12-13-21-14)19(20-2)17-10-8-16(9-11-17)15-6-4-3-5-7-15/h3-11,14,18-20H,12-13H2,1-2H3. The molecule has 0 radical (unpaired) electrons. The fourth-order valence-electron chi connectivity index (χ4n) is 3.33. The Labute approximate surface area is 127 Å². The Hall–Kier alpha value is -1.64. The Kier molecular flexibility index (Phi) is 4.37. The molecule has 1 fully saturated rings. The van der Waals surface area contributed by atoms with E-state index in [-0.39, 0.29) is 0 Å². The summed E-state index contributed by atoms with van der Waals surface area (Å²) < 4.78 is 5.72. The monoisotopic (exact) mass is 281 g/mol. The lowest BCUT2D eigenvalue weighted by atomic mass is 9.88. The quantitative estimate of drug-likeness (QED) is 0.913. The molecule has 1 N–H and O–H groups in total. The van der Waals surface area contributed by atoms with Gasteiger partial charge in [0.15, 0.2) is 0 Å². The van der Waals surface area contributed by atoms with E-state index < -0.39 is 0 Å². The van der Waals surface area contributed by atoms with Crippen molar-refractivity contribution in [1.82, 2.24) is 5.32 Å². The van der Waals surface area contributed by atoms with E-state index in [9.17, 15) is 0 Å². The van der Waals surface area contributed by atoms with Crippen LogP contribution in [0.5, 0.6) is 0 Å². The Balaban J connectivity index is 1.82. The molecule has 2 nitrogen and oxygen atoms in total. The van der Waals surface area contributed by atoms with Gasteiger partial charge in [0.2, 0.25) is 0 Å². The van der Waals surface area contributed by atoms with Crippen LogP contribution in [0.2, 0.25) is 0 Å². The van der Waals surface area contributed by atoms with Crippen molar-refractivity contribution in [3.05, 3.63) is 60.2 Å². The summed E-state index contributed by atoms with van der Waals surface area (Å²) in [5.74, 6) is 0.553. The van der Waals surface area contributed by atoms with Crippen molar-refractivity contribution < 1.29 is 4.74 Å². The van der Waals surface area contributed by atoms with Gasteiger partial charge in [0.05, 0.1) is 6.10 Å². The molecule has 1 heterocycles. The minimum Gasteiger partial charge on any atom is -0.378 e. The zero-order valence-electron chi connectivity index (χ0n) is 12.8. The van der Waals surface area contributed by atoms with E-state index in [1.54, 1.807) is 0 Å². The molecule has 2 aromatic rings. The highest BCUT2D eigenvalue weighted by molar-refractivity contribution is 5.63. The van der Waals surface area contributed by atoms with Gasteiger partial charge in [0.1, 0.15) is 0 Å². The summed E-state index contributed by atoms with van der Waals surface area (Å²) >= 11 is 0. The van der Waals surface area contributed by atoms with Crippen molar-refractivity contribution in [3.63, 3.8) is 0 Å². The molecule has 1 aliphatic heterocycles. The van der Waals surface area contributed by atoms with Crippen LogP contribution in [-0.4, -0.2) is 19.8 Å². The van der Waals surface area contributed by atoms with Crippen LogP contribution in [0.4, 0.5) is 0 Å². The Morgan fingerprint density at radius 1 is 1.00 bits per heavy atom. The maximum absolute atomic E-state index is 5.72. The highest BCUT2D eigenvalue weighted by Gasteiger charge is 2.31. The fourth-order valence-corrected chi connectivity index (χ4v) is 3.33. The first-order valence-corrected chi connectivity index (χ1v) is 7.74. The molecule has 0 aromatic heterocycles.